The highest BCUT2D eigenvalue weighted by molar-refractivity contribution is 5.96. The van der Waals surface area contributed by atoms with E-state index < -0.39 is 10.8 Å². The highest BCUT2D eigenvalue weighted by Gasteiger charge is 2.54. The minimum atomic E-state index is -0.526. The summed E-state index contributed by atoms with van der Waals surface area (Å²) in [4.78, 5) is 23.6. The summed E-state index contributed by atoms with van der Waals surface area (Å²) in [6.45, 7) is 2.14. The molecule has 142 valence electrons. The first-order valence-electron chi connectivity index (χ1n) is 9.89. The van der Waals surface area contributed by atoms with Crippen molar-refractivity contribution >= 4 is 11.6 Å². The molecule has 1 amide bonds. The van der Waals surface area contributed by atoms with Crippen LogP contribution in [0.5, 0.6) is 0 Å². The average molecular weight is 360 g/mol. The summed E-state index contributed by atoms with van der Waals surface area (Å²) in [5.74, 6) is 2.02. The van der Waals surface area contributed by atoms with Gasteiger partial charge in [0.25, 0.3) is 5.91 Å². The van der Waals surface area contributed by atoms with Gasteiger partial charge < -0.3 is 5.32 Å². The highest BCUT2D eigenvalue weighted by atomic mass is 16.6. The van der Waals surface area contributed by atoms with Gasteiger partial charge in [-0.2, -0.15) is 5.10 Å². The van der Waals surface area contributed by atoms with Crippen molar-refractivity contribution in [1.82, 2.24) is 15.1 Å². The Balaban J connectivity index is 1.58. The number of aromatic nitrogens is 2. The van der Waals surface area contributed by atoms with Gasteiger partial charge in [0.1, 0.15) is 6.20 Å². The molecule has 1 heterocycles. The minimum Gasteiger partial charge on any atom is -0.347 e. The quantitative estimate of drug-likeness (QED) is 0.621. The molecule has 4 aliphatic carbocycles. The summed E-state index contributed by atoms with van der Waals surface area (Å²) in [5.41, 5.74) is -0.0987. The van der Waals surface area contributed by atoms with Crippen LogP contribution in [0.2, 0.25) is 0 Å². The summed E-state index contributed by atoms with van der Waals surface area (Å²) in [6.07, 6.45) is 10.9. The average Bonchev–Trinajstić information content (AvgIpc) is 2.95. The lowest BCUT2D eigenvalue weighted by molar-refractivity contribution is -0.385. The van der Waals surface area contributed by atoms with Crippen LogP contribution in [-0.2, 0) is 7.05 Å². The van der Waals surface area contributed by atoms with Gasteiger partial charge in [-0.3, -0.25) is 19.6 Å². The molecular formula is C19H28N4O3. The lowest BCUT2D eigenvalue weighted by Gasteiger charge is -2.59. The molecule has 7 heteroatoms. The molecular weight excluding hydrogens is 332 g/mol. The molecule has 4 saturated carbocycles. The Morgan fingerprint density at radius 1 is 1.35 bits per heavy atom. The van der Waals surface area contributed by atoms with Gasteiger partial charge in [-0.05, 0) is 68.1 Å². The third kappa shape index (κ3) is 2.91. The van der Waals surface area contributed by atoms with Gasteiger partial charge in [0.05, 0.1) is 4.92 Å². The van der Waals surface area contributed by atoms with Gasteiger partial charge in [0.2, 0.25) is 5.69 Å². The molecule has 4 aliphatic rings. The molecule has 1 aromatic rings. The standard InChI is InChI=1S/C19H28N4O3/c1-3-4-16(19-8-12-5-13(9-19)7-14(6-12)10-19)20-18(24)17-15(23(25)26)11-22(2)21-17/h11-14,16H,3-10H2,1-2H3,(H,20,24). The van der Waals surface area contributed by atoms with Crippen molar-refractivity contribution in [3.05, 3.63) is 22.0 Å². The Morgan fingerprint density at radius 2 is 1.92 bits per heavy atom. The first-order valence-corrected chi connectivity index (χ1v) is 9.89. The lowest BCUT2D eigenvalue weighted by atomic mass is 9.47. The zero-order chi connectivity index (χ0) is 18.5. The van der Waals surface area contributed by atoms with Crippen molar-refractivity contribution in [2.45, 2.75) is 64.3 Å². The molecule has 0 aromatic carbocycles. The summed E-state index contributed by atoms with van der Waals surface area (Å²) in [6, 6.07) is 0.0926. The second-order valence-corrected chi connectivity index (χ2v) is 8.89. The van der Waals surface area contributed by atoms with Crippen molar-refractivity contribution in [3.8, 4) is 0 Å². The third-order valence-corrected chi connectivity index (χ3v) is 6.93. The van der Waals surface area contributed by atoms with Gasteiger partial charge >= 0.3 is 5.69 Å². The number of nitrogens with zero attached hydrogens (tertiary/aromatic N) is 3. The highest BCUT2D eigenvalue weighted by Crippen LogP contribution is 2.61. The normalized spacial score (nSPS) is 33.2. The van der Waals surface area contributed by atoms with Gasteiger partial charge in [-0.25, -0.2) is 0 Å². The minimum absolute atomic E-state index is 0.0664. The number of aryl methyl sites for hydroxylation is 1. The maximum absolute atomic E-state index is 12.9. The van der Waals surface area contributed by atoms with Gasteiger partial charge in [0.15, 0.2) is 0 Å². The van der Waals surface area contributed by atoms with Crippen LogP contribution in [0.3, 0.4) is 0 Å². The van der Waals surface area contributed by atoms with Crippen LogP contribution in [0, 0.1) is 33.3 Å². The molecule has 1 aromatic heterocycles. The van der Waals surface area contributed by atoms with Crippen LogP contribution in [0.4, 0.5) is 5.69 Å². The van der Waals surface area contributed by atoms with Gasteiger partial charge in [-0.15, -0.1) is 0 Å². The smallest absolute Gasteiger partial charge is 0.320 e. The number of rotatable bonds is 6. The maximum Gasteiger partial charge on any atom is 0.320 e. The second-order valence-electron chi connectivity index (χ2n) is 8.89. The maximum atomic E-state index is 12.9. The lowest BCUT2D eigenvalue weighted by Crippen LogP contribution is -2.57. The number of carbonyl (C=O) groups is 1. The zero-order valence-electron chi connectivity index (χ0n) is 15.6. The monoisotopic (exact) mass is 360 g/mol. The fourth-order valence-electron chi connectivity index (χ4n) is 6.42. The van der Waals surface area contributed by atoms with E-state index in [1.54, 1.807) is 7.05 Å². The molecule has 0 spiro atoms. The second kappa shape index (κ2) is 6.35. The predicted molar refractivity (Wildman–Crippen MR) is 96.6 cm³/mol. The summed E-state index contributed by atoms with van der Waals surface area (Å²) in [7, 11) is 1.60. The Labute approximate surface area is 153 Å². The van der Waals surface area contributed by atoms with Crippen molar-refractivity contribution in [3.63, 3.8) is 0 Å². The van der Waals surface area contributed by atoms with Crippen LogP contribution >= 0.6 is 0 Å². The van der Waals surface area contributed by atoms with E-state index >= 15 is 0 Å². The molecule has 0 radical (unpaired) electrons. The Hall–Kier alpha value is -1.92. The van der Waals surface area contributed by atoms with Crippen LogP contribution in [-0.4, -0.2) is 26.7 Å². The Morgan fingerprint density at radius 3 is 2.42 bits per heavy atom. The molecule has 1 unspecified atom stereocenters. The van der Waals surface area contributed by atoms with E-state index in [9.17, 15) is 14.9 Å². The van der Waals surface area contributed by atoms with Crippen molar-refractivity contribution in [1.29, 1.82) is 0 Å². The van der Waals surface area contributed by atoms with Crippen molar-refractivity contribution in [2.24, 2.45) is 30.2 Å². The largest absolute Gasteiger partial charge is 0.347 e. The number of nitrogens with one attached hydrogen (secondary N) is 1. The molecule has 0 aliphatic heterocycles. The summed E-state index contributed by atoms with van der Waals surface area (Å²) >= 11 is 0. The molecule has 4 bridgehead atoms. The van der Waals surface area contributed by atoms with Crippen LogP contribution < -0.4 is 5.32 Å². The third-order valence-electron chi connectivity index (χ3n) is 6.93. The number of nitro groups is 1. The summed E-state index contributed by atoms with van der Waals surface area (Å²) in [5, 5.41) is 18.5. The number of hydrogen-bond donors (Lipinski definition) is 1. The van der Waals surface area contributed by atoms with E-state index in [1.807, 2.05) is 0 Å². The fourth-order valence-corrected chi connectivity index (χ4v) is 6.42. The van der Waals surface area contributed by atoms with E-state index in [2.05, 4.69) is 17.3 Å². The molecule has 4 fully saturated rings. The fraction of sp³-hybridized carbons (Fsp3) is 0.789. The first-order chi connectivity index (χ1) is 12.4. The molecule has 1 N–H and O–H groups in total. The molecule has 5 rings (SSSR count). The number of carbonyl (C=O) groups excluding carboxylic acids is 1. The van der Waals surface area contributed by atoms with Crippen molar-refractivity contribution in [2.75, 3.05) is 0 Å². The zero-order valence-corrected chi connectivity index (χ0v) is 15.6. The van der Waals surface area contributed by atoms with Gasteiger partial charge in [0, 0.05) is 13.1 Å². The van der Waals surface area contributed by atoms with Gasteiger partial charge in [-0.1, -0.05) is 13.3 Å². The molecule has 1 atom stereocenters. The Kier molecular flexibility index (Phi) is 4.28. The number of hydrogen-bond acceptors (Lipinski definition) is 4. The van der Waals surface area contributed by atoms with Crippen LogP contribution in [0.1, 0.15) is 68.8 Å². The van der Waals surface area contributed by atoms with Crippen LogP contribution in [0.15, 0.2) is 6.20 Å². The van der Waals surface area contributed by atoms with E-state index in [0.29, 0.717) is 0 Å². The van der Waals surface area contributed by atoms with Crippen molar-refractivity contribution < 1.29 is 9.72 Å². The topological polar surface area (TPSA) is 90.1 Å². The first kappa shape index (κ1) is 17.5. The SMILES string of the molecule is CCCC(NC(=O)c1nn(C)cc1[N+](=O)[O-])C12CC3CC(CC(C3)C1)C2. The van der Waals surface area contributed by atoms with E-state index in [1.165, 1.54) is 49.4 Å². The number of amides is 1. The van der Waals surface area contributed by atoms with E-state index in [4.69, 9.17) is 0 Å². The molecule has 26 heavy (non-hydrogen) atoms. The Bertz CT molecular complexity index is 691. The predicted octanol–water partition coefficient (Wildman–Crippen LogP) is 3.44. The van der Waals surface area contributed by atoms with E-state index in [0.717, 1.165) is 30.6 Å². The molecule has 7 nitrogen and oxygen atoms in total. The molecule has 0 saturated heterocycles. The van der Waals surface area contributed by atoms with Crippen LogP contribution in [0.25, 0.3) is 0 Å². The van der Waals surface area contributed by atoms with E-state index in [-0.39, 0.29) is 22.8 Å². The summed E-state index contributed by atoms with van der Waals surface area (Å²) < 4.78 is 1.34.